The highest BCUT2D eigenvalue weighted by Crippen LogP contribution is 2.13. The molecule has 15 heavy (non-hydrogen) atoms. The molecule has 5 nitrogen and oxygen atoms in total. The average molecular weight is 236 g/mol. The normalized spacial score (nSPS) is 29.7. The molecule has 0 aromatic heterocycles. The second-order valence-corrected chi connectivity index (χ2v) is 6.05. The highest BCUT2D eigenvalue weighted by Gasteiger charge is 2.30. The summed E-state index contributed by atoms with van der Waals surface area (Å²) in [4.78, 5) is 0. The van der Waals surface area contributed by atoms with Crippen LogP contribution in [0.1, 0.15) is 27.7 Å². The first kappa shape index (κ1) is 12.9. The van der Waals surface area contributed by atoms with Gasteiger partial charge in [0.1, 0.15) is 0 Å². The molecule has 1 aliphatic rings. The van der Waals surface area contributed by atoms with Crippen molar-refractivity contribution in [3.63, 3.8) is 0 Å². The van der Waals surface area contributed by atoms with Crippen LogP contribution in [0.25, 0.3) is 0 Å². The second-order valence-electron chi connectivity index (χ2n) is 4.35. The van der Waals surface area contributed by atoms with Crippen molar-refractivity contribution >= 4 is 10.2 Å². The smallest absolute Gasteiger partial charge is 0.279 e. The van der Waals surface area contributed by atoms with Crippen LogP contribution in [-0.2, 0) is 14.9 Å². The van der Waals surface area contributed by atoms with Gasteiger partial charge in [-0.2, -0.15) is 17.4 Å². The Labute approximate surface area is 92.0 Å². The zero-order valence-corrected chi connectivity index (χ0v) is 10.5. The van der Waals surface area contributed by atoms with Gasteiger partial charge in [-0.1, -0.05) is 0 Å². The van der Waals surface area contributed by atoms with Crippen LogP contribution < -0.4 is 4.72 Å². The summed E-state index contributed by atoms with van der Waals surface area (Å²) in [5.41, 5.74) is 0. The van der Waals surface area contributed by atoms with E-state index >= 15 is 0 Å². The molecule has 1 N–H and O–H groups in total. The Bertz CT molecular complexity index is 292. The first-order valence-electron chi connectivity index (χ1n) is 5.24. The summed E-state index contributed by atoms with van der Waals surface area (Å²) < 4.78 is 33.2. The highest BCUT2D eigenvalue weighted by atomic mass is 32.2. The van der Waals surface area contributed by atoms with Crippen LogP contribution >= 0.6 is 0 Å². The number of nitrogens with one attached hydrogen (secondary N) is 1. The molecule has 90 valence electrons. The summed E-state index contributed by atoms with van der Waals surface area (Å²) in [6, 6.07) is -0.0801. The predicted molar refractivity (Wildman–Crippen MR) is 58.8 cm³/mol. The molecule has 1 saturated heterocycles. The van der Waals surface area contributed by atoms with Crippen molar-refractivity contribution in [2.24, 2.45) is 0 Å². The van der Waals surface area contributed by atoms with Crippen LogP contribution in [-0.4, -0.2) is 44.1 Å². The maximum atomic E-state index is 11.8. The Morgan fingerprint density at radius 2 is 1.73 bits per heavy atom. The first-order chi connectivity index (χ1) is 6.81. The molecular formula is C9H20N2O3S. The van der Waals surface area contributed by atoms with Crippen LogP contribution in [0.5, 0.6) is 0 Å². The lowest BCUT2D eigenvalue weighted by atomic mass is 10.3. The van der Waals surface area contributed by atoms with Crippen molar-refractivity contribution in [2.75, 3.05) is 13.1 Å². The topological polar surface area (TPSA) is 58.6 Å². The van der Waals surface area contributed by atoms with Crippen LogP contribution in [0.4, 0.5) is 0 Å². The summed E-state index contributed by atoms with van der Waals surface area (Å²) in [5, 5.41) is 0. The lowest BCUT2D eigenvalue weighted by molar-refractivity contribution is -0.0444. The Kier molecular flexibility index (Phi) is 4.11. The molecule has 0 amide bonds. The zero-order valence-electron chi connectivity index (χ0n) is 9.73. The number of rotatable bonds is 3. The van der Waals surface area contributed by atoms with E-state index < -0.39 is 10.2 Å². The number of hydrogen-bond acceptors (Lipinski definition) is 3. The molecule has 0 spiro atoms. The summed E-state index contributed by atoms with van der Waals surface area (Å²) in [5.74, 6) is 0. The number of nitrogens with zero attached hydrogens (tertiary/aromatic N) is 1. The van der Waals surface area contributed by atoms with E-state index in [9.17, 15) is 8.42 Å². The van der Waals surface area contributed by atoms with Crippen molar-refractivity contribution in [3.05, 3.63) is 0 Å². The first-order valence-corrected chi connectivity index (χ1v) is 6.68. The van der Waals surface area contributed by atoms with Crippen molar-refractivity contribution in [3.8, 4) is 0 Å². The fraction of sp³-hybridized carbons (Fsp3) is 1.00. The molecule has 0 aromatic carbocycles. The Balaban J connectivity index is 2.70. The summed E-state index contributed by atoms with van der Waals surface area (Å²) in [6.07, 6.45) is -0.0880. The Morgan fingerprint density at radius 1 is 1.27 bits per heavy atom. The monoisotopic (exact) mass is 236 g/mol. The fourth-order valence-electron chi connectivity index (χ4n) is 1.70. The van der Waals surface area contributed by atoms with Gasteiger partial charge in [0, 0.05) is 19.1 Å². The van der Waals surface area contributed by atoms with Crippen LogP contribution in [0.15, 0.2) is 0 Å². The maximum Gasteiger partial charge on any atom is 0.279 e. The van der Waals surface area contributed by atoms with E-state index in [2.05, 4.69) is 4.72 Å². The highest BCUT2D eigenvalue weighted by molar-refractivity contribution is 7.87. The summed E-state index contributed by atoms with van der Waals surface area (Å²) >= 11 is 0. The summed E-state index contributed by atoms with van der Waals surface area (Å²) in [6.45, 7) is 8.23. The van der Waals surface area contributed by atoms with E-state index in [1.165, 1.54) is 4.31 Å². The molecule has 0 radical (unpaired) electrons. The zero-order chi connectivity index (χ0) is 11.6. The third-order valence-electron chi connectivity index (χ3n) is 2.11. The van der Waals surface area contributed by atoms with Crippen LogP contribution in [0.3, 0.4) is 0 Å². The molecule has 0 unspecified atom stereocenters. The van der Waals surface area contributed by atoms with Gasteiger partial charge in [-0.05, 0) is 27.7 Å². The fourth-order valence-corrected chi connectivity index (χ4v) is 3.26. The molecule has 0 bridgehead atoms. The van der Waals surface area contributed by atoms with E-state index in [-0.39, 0.29) is 18.2 Å². The number of hydrogen-bond donors (Lipinski definition) is 1. The van der Waals surface area contributed by atoms with E-state index in [4.69, 9.17) is 4.74 Å². The lowest BCUT2D eigenvalue weighted by Crippen LogP contribution is -2.52. The predicted octanol–water partition coefficient (Wildman–Crippen LogP) is 0.338. The average Bonchev–Trinajstić information content (AvgIpc) is 1.99. The Hall–Kier alpha value is -0.170. The molecule has 0 saturated carbocycles. The minimum atomic E-state index is -3.35. The molecule has 1 fully saturated rings. The molecule has 1 heterocycles. The number of morpholine rings is 1. The van der Waals surface area contributed by atoms with Gasteiger partial charge in [0.25, 0.3) is 10.2 Å². The van der Waals surface area contributed by atoms with E-state index in [0.717, 1.165) is 0 Å². The third kappa shape index (κ3) is 3.71. The van der Waals surface area contributed by atoms with Gasteiger partial charge < -0.3 is 4.74 Å². The van der Waals surface area contributed by atoms with Crippen molar-refractivity contribution in [2.45, 2.75) is 45.9 Å². The number of ether oxygens (including phenoxy) is 1. The third-order valence-corrected chi connectivity index (χ3v) is 3.86. The standard InChI is InChI=1S/C9H20N2O3S/c1-7(2)10-15(12,13)11-5-8(3)14-9(4)6-11/h7-10H,5-6H2,1-4H3/t8-,9+. The van der Waals surface area contributed by atoms with Gasteiger partial charge in [-0.15, -0.1) is 0 Å². The van der Waals surface area contributed by atoms with Gasteiger partial charge in [-0.3, -0.25) is 0 Å². The Morgan fingerprint density at radius 3 is 2.13 bits per heavy atom. The van der Waals surface area contributed by atoms with Gasteiger partial charge >= 0.3 is 0 Å². The molecule has 6 heteroatoms. The maximum absolute atomic E-state index is 11.8. The van der Waals surface area contributed by atoms with Crippen molar-refractivity contribution in [1.82, 2.24) is 9.03 Å². The van der Waals surface area contributed by atoms with Gasteiger partial charge in [0.05, 0.1) is 12.2 Å². The minimum Gasteiger partial charge on any atom is -0.373 e. The summed E-state index contributed by atoms with van der Waals surface area (Å²) in [7, 11) is -3.35. The SMILES string of the molecule is CC(C)NS(=O)(=O)N1C[C@@H](C)O[C@@H](C)C1. The van der Waals surface area contributed by atoms with E-state index in [0.29, 0.717) is 13.1 Å². The molecule has 1 aliphatic heterocycles. The van der Waals surface area contributed by atoms with Crippen molar-refractivity contribution < 1.29 is 13.2 Å². The van der Waals surface area contributed by atoms with Crippen molar-refractivity contribution in [1.29, 1.82) is 0 Å². The minimum absolute atomic E-state index is 0.0440. The second kappa shape index (κ2) is 4.78. The van der Waals surface area contributed by atoms with Gasteiger partial charge in [0.2, 0.25) is 0 Å². The lowest BCUT2D eigenvalue weighted by Gasteiger charge is -2.34. The molecular weight excluding hydrogens is 216 g/mol. The molecule has 0 aliphatic carbocycles. The molecule has 1 rings (SSSR count). The molecule has 2 atom stereocenters. The van der Waals surface area contributed by atoms with E-state index in [1.807, 2.05) is 27.7 Å². The van der Waals surface area contributed by atoms with E-state index in [1.54, 1.807) is 0 Å². The molecule has 0 aromatic rings. The van der Waals surface area contributed by atoms with Crippen LogP contribution in [0.2, 0.25) is 0 Å². The largest absolute Gasteiger partial charge is 0.373 e. The quantitative estimate of drug-likeness (QED) is 0.768. The van der Waals surface area contributed by atoms with Crippen LogP contribution in [0, 0.1) is 0 Å². The van der Waals surface area contributed by atoms with Gasteiger partial charge in [-0.25, -0.2) is 0 Å². The van der Waals surface area contributed by atoms with Gasteiger partial charge in [0.15, 0.2) is 0 Å².